The lowest BCUT2D eigenvalue weighted by Crippen LogP contribution is -2.49. The molecule has 0 saturated carbocycles. The molecular weight excluding hydrogens is 376 g/mol. The van der Waals surface area contributed by atoms with E-state index in [1.807, 2.05) is 56.0 Å². The second-order valence-electron chi connectivity index (χ2n) is 8.41. The van der Waals surface area contributed by atoms with Crippen molar-refractivity contribution < 1.29 is 9.59 Å². The summed E-state index contributed by atoms with van der Waals surface area (Å²) in [7, 11) is 0. The van der Waals surface area contributed by atoms with Gasteiger partial charge in [-0.1, -0.05) is 19.9 Å². The number of hydrogen-bond donors (Lipinski definition) is 2. The fourth-order valence-corrected chi connectivity index (χ4v) is 4.38. The molecule has 3 atom stereocenters. The van der Waals surface area contributed by atoms with Gasteiger partial charge in [0, 0.05) is 41.9 Å². The zero-order valence-corrected chi connectivity index (χ0v) is 18.7. The van der Waals surface area contributed by atoms with Gasteiger partial charge >= 0.3 is 0 Å². The number of hydrogen-bond acceptors (Lipinski definition) is 4. The van der Waals surface area contributed by atoms with E-state index in [1.165, 1.54) is 0 Å². The smallest absolute Gasteiger partial charge is 0.251 e. The Balaban J connectivity index is 2.10. The first-order valence-electron chi connectivity index (χ1n) is 10.7. The summed E-state index contributed by atoms with van der Waals surface area (Å²) < 4.78 is 0. The van der Waals surface area contributed by atoms with Crippen LogP contribution in [0, 0.1) is 12.8 Å². The molecule has 0 aliphatic carbocycles. The summed E-state index contributed by atoms with van der Waals surface area (Å²) >= 11 is 0. The van der Waals surface area contributed by atoms with Crippen LogP contribution in [0.3, 0.4) is 0 Å². The molecule has 0 radical (unpaired) electrons. The van der Waals surface area contributed by atoms with Crippen molar-refractivity contribution >= 4 is 23.3 Å². The van der Waals surface area contributed by atoms with Crippen LogP contribution < -0.4 is 15.5 Å². The number of benzene rings is 1. The number of fused-ring (bicyclic) bond motifs is 1. The third-order valence-corrected chi connectivity index (χ3v) is 5.72. The summed E-state index contributed by atoms with van der Waals surface area (Å²) in [5.41, 5.74) is 3.34. The monoisotopic (exact) mass is 408 g/mol. The van der Waals surface area contributed by atoms with E-state index in [1.54, 1.807) is 13.0 Å². The highest BCUT2D eigenvalue weighted by Crippen LogP contribution is 2.43. The highest BCUT2D eigenvalue weighted by molar-refractivity contribution is 5.98. The molecule has 0 fully saturated rings. The van der Waals surface area contributed by atoms with E-state index in [2.05, 4.69) is 29.5 Å². The average molecular weight is 409 g/mol. The largest absolute Gasteiger partial charge is 0.363 e. The van der Waals surface area contributed by atoms with Crippen molar-refractivity contribution in [3.05, 3.63) is 53.2 Å². The van der Waals surface area contributed by atoms with Crippen LogP contribution in [-0.4, -0.2) is 28.9 Å². The van der Waals surface area contributed by atoms with Crippen molar-refractivity contribution in [3.63, 3.8) is 0 Å². The van der Waals surface area contributed by atoms with Crippen LogP contribution >= 0.6 is 0 Å². The minimum atomic E-state index is -0.111. The molecule has 2 N–H and O–H groups in total. The van der Waals surface area contributed by atoms with Crippen molar-refractivity contribution in [1.82, 2.24) is 10.3 Å². The molecule has 2 aromatic rings. The average Bonchev–Trinajstić information content (AvgIpc) is 2.68. The number of aromatic nitrogens is 1. The highest BCUT2D eigenvalue weighted by Gasteiger charge is 2.40. The standard InChI is InChI=1S/C24H32N4O2/c1-7-20-16(5)23(27-22-10-8-9-15(4)26-22)19-13-18(24(30)25-14(2)3)11-12-21(19)28(20)17(6)29/h8-14,16,20,23H,7H2,1-6H3,(H,25,30)(H,26,27)/t16-,20-,23?/m0/s1. The molecule has 1 aromatic heterocycles. The lowest BCUT2D eigenvalue weighted by atomic mass is 9.80. The molecule has 160 valence electrons. The van der Waals surface area contributed by atoms with Gasteiger partial charge in [0.1, 0.15) is 5.82 Å². The SMILES string of the molecule is CC[C@H]1[C@H](C)C(Nc2cccc(C)n2)c2cc(C(=O)NC(C)C)ccc2N1C(C)=O. The number of pyridine rings is 1. The zero-order valence-electron chi connectivity index (χ0n) is 18.7. The first-order valence-corrected chi connectivity index (χ1v) is 10.7. The molecule has 0 saturated heterocycles. The summed E-state index contributed by atoms with van der Waals surface area (Å²) in [6, 6.07) is 11.6. The molecule has 1 unspecified atom stereocenters. The number of carbonyl (C=O) groups is 2. The van der Waals surface area contributed by atoms with Crippen LogP contribution in [0.1, 0.15) is 68.7 Å². The quantitative estimate of drug-likeness (QED) is 0.766. The molecule has 3 rings (SSSR count). The molecule has 0 bridgehead atoms. The molecule has 30 heavy (non-hydrogen) atoms. The first kappa shape index (κ1) is 21.8. The maximum atomic E-state index is 12.6. The topological polar surface area (TPSA) is 74.3 Å². The number of aryl methyl sites for hydroxylation is 1. The molecular formula is C24H32N4O2. The first-order chi connectivity index (χ1) is 14.2. The number of rotatable bonds is 5. The number of amides is 2. The Morgan fingerprint density at radius 2 is 1.93 bits per heavy atom. The molecule has 1 aliphatic heterocycles. The maximum Gasteiger partial charge on any atom is 0.251 e. The van der Waals surface area contributed by atoms with E-state index in [0.29, 0.717) is 5.56 Å². The van der Waals surface area contributed by atoms with Crippen molar-refractivity contribution in [2.75, 3.05) is 10.2 Å². The third kappa shape index (κ3) is 4.32. The Kier molecular flexibility index (Phi) is 6.44. The molecule has 0 spiro atoms. The lowest BCUT2D eigenvalue weighted by Gasteiger charge is -2.45. The molecule has 1 aromatic carbocycles. The van der Waals surface area contributed by atoms with E-state index >= 15 is 0 Å². The van der Waals surface area contributed by atoms with Gasteiger partial charge in [0.25, 0.3) is 5.91 Å². The van der Waals surface area contributed by atoms with Crippen molar-refractivity contribution in [2.45, 2.75) is 66.1 Å². The minimum absolute atomic E-state index is 0.0152. The van der Waals surface area contributed by atoms with E-state index < -0.39 is 0 Å². The van der Waals surface area contributed by atoms with Crippen LogP contribution in [0.25, 0.3) is 0 Å². The Morgan fingerprint density at radius 3 is 2.53 bits per heavy atom. The minimum Gasteiger partial charge on any atom is -0.363 e. The fraction of sp³-hybridized carbons (Fsp3) is 0.458. The predicted molar refractivity (Wildman–Crippen MR) is 121 cm³/mol. The van der Waals surface area contributed by atoms with E-state index in [9.17, 15) is 9.59 Å². The molecule has 6 nitrogen and oxygen atoms in total. The Labute approximate surface area is 179 Å². The van der Waals surface area contributed by atoms with Crippen molar-refractivity contribution in [2.24, 2.45) is 5.92 Å². The summed E-state index contributed by atoms with van der Waals surface area (Å²) in [5.74, 6) is 0.833. The molecule has 6 heteroatoms. The number of carbonyl (C=O) groups excluding carboxylic acids is 2. The zero-order chi connectivity index (χ0) is 22.0. The normalized spacial score (nSPS) is 20.6. The van der Waals surface area contributed by atoms with Crippen LogP contribution in [-0.2, 0) is 4.79 Å². The van der Waals surface area contributed by atoms with E-state index in [0.717, 1.165) is 29.2 Å². The molecule has 1 aliphatic rings. The van der Waals surface area contributed by atoms with Crippen LogP contribution in [0.2, 0.25) is 0 Å². The van der Waals surface area contributed by atoms with Gasteiger partial charge in [0.05, 0.1) is 6.04 Å². The lowest BCUT2D eigenvalue weighted by molar-refractivity contribution is -0.117. The fourth-order valence-electron chi connectivity index (χ4n) is 4.38. The van der Waals surface area contributed by atoms with Gasteiger partial charge in [-0.3, -0.25) is 9.59 Å². The van der Waals surface area contributed by atoms with Gasteiger partial charge in [0.15, 0.2) is 0 Å². The summed E-state index contributed by atoms with van der Waals surface area (Å²) in [6.07, 6.45) is 0.842. The van der Waals surface area contributed by atoms with Crippen LogP contribution in [0.5, 0.6) is 0 Å². The Hall–Kier alpha value is -2.89. The van der Waals surface area contributed by atoms with Gasteiger partial charge < -0.3 is 15.5 Å². The van der Waals surface area contributed by atoms with Gasteiger partial charge in [-0.15, -0.1) is 0 Å². The summed E-state index contributed by atoms with van der Waals surface area (Å²) in [5, 5.41) is 6.53. The van der Waals surface area contributed by atoms with Gasteiger partial charge in [-0.05, 0) is 63.1 Å². The van der Waals surface area contributed by atoms with Crippen molar-refractivity contribution in [3.8, 4) is 0 Å². The molecule has 2 heterocycles. The van der Waals surface area contributed by atoms with Gasteiger partial charge in [0.2, 0.25) is 5.91 Å². The van der Waals surface area contributed by atoms with Gasteiger partial charge in [-0.25, -0.2) is 4.98 Å². The number of nitrogens with one attached hydrogen (secondary N) is 2. The number of nitrogens with zero attached hydrogens (tertiary/aromatic N) is 2. The van der Waals surface area contributed by atoms with Crippen LogP contribution in [0.4, 0.5) is 11.5 Å². The second-order valence-corrected chi connectivity index (χ2v) is 8.41. The Bertz CT molecular complexity index is 941. The van der Waals surface area contributed by atoms with Gasteiger partial charge in [-0.2, -0.15) is 0 Å². The third-order valence-electron chi connectivity index (χ3n) is 5.72. The van der Waals surface area contributed by atoms with E-state index in [-0.39, 0.29) is 35.9 Å². The van der Waals surface area contributed by atoms with E-state index in [4.69, 9.17) is 0 Å². The molecule has 2 amide bonds. The second kappa shape index (κ2) is 8.86. The highest BCUT2D eigenvalue weighted by atomic mass is 16.2. The number of anilines is 2. The van der Waals surface area contributed by atoms with Crippen LogP contribution in [0.15, 0.2) is 36.4 Å². The Morgan fingerprint density at radius 1 is 1.20 bits per heavy atom. The van der Waals surface area contributed by atoms with Crippen molar-refractivity contribution in [1.29, 1.82) is 0 Å². The maximum absolute atomic E-state index is 12.6. The summed E-state index contributed by atoms with van der Waals surface area (Å²) in [6.45, 7) is 11.7. The summed E-state index contributed by atoms with van der Waals surface area (Å²) in [4.78, 5) is 31.7. The predicted octanol–water partition coefficient (Wildman–Crippen LogP) is 4.46.